The maximum absolute atomic E-state index is 13.6. The number of anilines is 1. The zero-order valence-corrected chi connectivity index (χ0v) is 19.1. The van der Waals surface area contributed by atoms with Gasteiger partial charge in [0, 0.05) is 17.1 Å². The third-order valence-electron chi connectivity index (χ3n) is 5.93. The van der Waals surface area contributed by atoms with E-state index in [-0.39, 0.29) is 31.6 Å². The van der Waals surface area contributed by atoms with Crippen LogP contribution in [0.5, 0.6) is 11.5 Å². The van der Waals surface area contributed by atoms with Crippen molar-refractivity contribution in [3.8, 4) is 11.5 Å². The molecule has 0 aliphatic carbocycles. The normalized spacial score (nSPS) is 16.8. The van der Waals surface area contributed by atoms with E-state index in [1.54, 1.807) is 48.5 Å². The Morgan fingerprint density at radius 2 is 1.71 bits per heavy atom. The highest BCUT2D eigenvalue weighted by Gasteiger charge is 2.44. The molecule has 1 unspecified atom stereocenters. The van der Waals surface area contributed by atoms with Crippen LogP contribution in [0.4, 0.5) is 5.69 Å². The SMILES string of the molecule is Cc1ccc(C(=O)N(Cc2ccc3c(c2)OCO3)C2CC(=O)N(c3ccc(Cl)cc3)C2=O)cc1. The van der Waals surface area contributed by atoms with Crippen molar-refractivity contribution in [1.29, 1.82) is 0 Å². The lowest BCUT2D eigenvalue weighted by molar-refractivity contribution is -0.122. The van der Waals surface area contributed by atoms with Crippen LogP contribution in [0, 0.1) is 6.92 Å². The van der Waals surface area contributed by atoms with Crippen molar-refractivity contribution in [3.63, 3.8) is 0 Å². The highest BCUT2D eigenvalue weighted by Crippen LogP contribution is 2.34. The number of carbonyl (C=O) groups is 3. The van der Waals surface area contributed by atoms with Gasteiger partial charge < -0.3 is 14.4 Å². The van der Waals surface area contributed by atoms with Gasteiger partial charge in [-0.3, -0.25) is 14.4 Å². The second-order valence-electron chi connectivity index (χ2n) is 8.25. The second-order valence-corrected chi connectivity index (χ2v) is 8.69. The monoisotopic (exact) mass is 476 g/mol. The summed E-state index contributed by atoms with van der Waals surface area (Å²) in [6, 6.07) is 18.0. The first-order valence-electron chi connectivity index (χ1n) is 10.8. The Bertz CT molecular complexity index is 1270. The molecule has 0 radical (unpaired) electrons. The number of carbonyl (C=O) groups excluding carboxylic acids is 3. The van der Waals surface area contributed by atoms with Crippen molar-refractivity contribution in [2.24, 2.45) is 0 Å². The van der Waals surface area contributed by atoms with E-state index in [2.05, 4.69) is 0 Å². The zero-order valence-electron chi connectivity index (χ0n) is 18.4. The number of benzene rings is 3. The van der Waals surface area contributed by atoms with Crippen LogP contribution in [0.25, 0.3) is 0 Å². The first-order chi connectivity index (χ1) is 16.4. The minimum atomic E-state index is -0.942. The van der Waals surface area contributed by atoms with E-state index in [1.165, 1.54) is 4.90 Å². The molecule has 0 N–H and O–H groups in total. The van der Waals surface area contributed by atoms with E-state index in [9.17, 15) is 14.4 Å². The summed E-state index contributed by atoms with van der Waals surface area (Å²) in [4.78, 5) is 42.5. The van der Waals surface area contributed by atoms with Crippen LogP contribution < -0.4 is 14.4 Å². The van der Waals surface area contributed by atoms with E-state index in [0.717, 1.165) is 16.0 Å². The number of imide groups is 1. The van der Waals surface area contributed by atoms with Gasteiger partial charge in [-0.15, -0.1) is 0 Å². The van der Waals surface area contributed by atoms with Gasteiger partial charge in [-0.25, -0.2) is 4.90 Å². The first-order valence-corrected chi connectivity index (χ1v) is 11.2. The van der Waals surface area contributed by atoms with Gasteiger partial charge in [0.15, 0.2) is 11.5 Å². The number of ether oxygens (including phenoxy) is 2. The molecular formula is C26H21ClN2O5. The van der Waals surface area contributed by atoms with Crippen LogP contribution in [0.1, 0.15) is 27.9 Å². The Morgan fingerprint density at radius 1 is 1.00 bits per heavy atom. The van der Waals surface area contributed by atoms with Gasteiger partial charge in [0.25, 0.3) is 11.8 Å². The minimum absolute atomic E-state index is 0.108. The van der Waals surface area contributed by atoms with Crippen molar-refractivity contribution in [3.05, 3.63) is 88.4 Å². The summed E-state index contributed by atoms with van der Waals surface area (Å²) in [6.07, 6.45) is -0.108. The maximum Gasteiger partial charge on any atom is 0.257 e. The Hall–Kier alpha value is -3.84. The highest BCUT2D eigenvalue weighted by atomic mass is 35.5. The van der Waals surface area contributed by atoms with Crippen molar-refractivity contribution >= 4 is 35.0 Å². The zero-order chi connectivity index (χ0) is 23.8. The van der Waals surface area contributed by atoms with Crippen molar-refractivity contribution in [2.75, 3.05) is 11.7 Å². The van der Waals surface area contributed by atoms with Gasteiger partial charge in [0.05, 0.1) is 12.1 Å². The molecule has 1 atom stereocenters. The van der Waals surface area contributed by atoms with Crippen molar-refractivity contribution in [2.45, 2.75) is 25.9 Å². The Kier molecular flexibility index (Phi) is 5.71. The van der Waals surface area contributed by atoms with E-state index in [1.807, 2.05) is 25.1 Å². The standard InChI is InChI=1S/C26H21ClN2O5/c1-16-2-5-18(6-3-16)25(31)28(14-17-4-11-22-23(12-17)34-15-33-22)21-13-24(30)29(26(21)32)20-9-7-19(27)8-10-20/h2-12,21H,13-15H2,1H3. The molecule has 2 aliphatic rings. The summed E-state index contributed by atoms with van der Waals surface area (Å²) in [6.45, 7) is 2.19. The van der Waals surface area contributed by atoms with E-state index in [4.69, 9.17) is 21.1 Å². The van der Waals surface area contributed by atoms with Crippen LogP contribution in [0.2, 0.25) is 5.02 Å². The van der Waals surface area contributed by atoms with Crippen LogP contribution in [0.3, 0.4) is 0 Å². The molecule has 5 rings (SSSR count). The fourth-order valence-corrected chi connectivity index (χ4v) is 4.27. The number of nitrogens with zero attached hydrogens (tertiary/aromatic N) is 2. The van der Waals surface area contributed by atoms with E-state index in [0.29, 0.717) is 27.8 Å². The maximum atomic E-state index is 13.6. The van der Waals surface area contributed by atoms with Crippen LogP contribution >= 0.6 is 11.6 Å². The van der Waals surface area contributed by atoms with Gasteiger partial charge in [0.2, 0.25) is 12.7 Å². The molecule has 172 valence electrons. The predicted molar refractivity (Wildman–Crippen MR) is 126 cm³/mol. The third-order valence-corrected chi connectivity index (χ3v) is 6.19. The van der Waals surface area contributed by atoms with E-state index >= 15 is 0 Å². The van der Waals surface area contributed by atoms with Gasteiger partial charge >= 0.3 is 0 Å². The molecular weight excluding hydrogens is 456 g/mol. The molecule has 3 aromatic carbocycles. The summed E-state index contributed by atoms with van der Waals surface area (Å²) in [5.41, 5.74) is 2.64. The van der Waals surface area contributed by atoms with Crippen molar-refractivity contribution < 1.29 is 23.9 Å². The van der Waals surface area contributed by atoms with Gasteiger partial charge in [0.1, 0.15) is 6.04 Å². The summed E-state index contributed by atoms with van der Waals surface area (Å²) in [5.74, 6) is 0.0538. The Labute approximate surface area is 201 Å². The molecule has 7 nitrogen and oxygen atoms in total. The summed E-state index contributed by atoms with van der Waals surface area (Å²) in [5, 5.41) is 0.498. The Morgan fingerprint density at radius 3 is 2.44 bits per heavy atom. The van der Waals surface area contributed by atoms with Crippen LogP contribution in [0.15, 0.2) is 66.7 Å². The van der Waals surface area contributed by atoms with Gasteiger partial charge in [-0.05, 0) is 61.0 Å². The molecule has 0 spiro atoms. The molecule has 1 saturated heterocycles. The Balaban J connectivity index is 1.49. The molecule has 1 fully saturated rings. The fourth-order valence-electron chi connectivity index (χ4n) is 4.14. The summed E-state index contributed by atoms with van der Waals surface area (Å²) >= 11 is 5.96. The number of halogens is 1. The fraction of sp³-hybridized carbons (Fsp3) is 0.192. The lowest BCUT2D eigenvalue weighted by atomic mass is 10.1. The van der Waals surface area contributed by atoms with Crippen LogP contribution in [-0.4, -0.2) is 35.5 Å². The molecule has 8 heteroatoms. The molecule has 2 aliphatic heterocycles. The first kappa shape index (κ1) is 22.0. The molecule has 0 bridgehead atoms. The smallest absolute Gasteiger partial charge is 0.257 e. The average molecular weight is 477 g/mol. The number of amides is 3. The average Bonchev–Trinajstić information content (AvgIpc) is 3.41. The molecule has 3 amide bonds. The lowest BCUT2D eigenvalue weighted by Crippen LogP contribution is -2.45. The van der Waals surface area contributed by atoms with Gasteiger partial charge in [-0.2, -0.15) is 0 Å². The largest absolute Gasteiger partial charge is 0.454 e. The molecule has 3 aromatic rings. The van der Waals surface area contributed by atoms with Crippen LogP contribution in [-0.2, 0) is 16.1 Å². The summed E-state index contributed by atoms with van der Waals surface area (Å²) in [7, 11) is 0. The van der Waals surface area contributed by atoms with Crippen molar-refractivity contribution in [1.82, 2.24) is 4.90 Å². The van der Waals surface area contributed by atoms with Gasteiger partial charge in [-0.1, -0.05) is 35.4 Å². The molecule has 0 aromatic heterocycles. The number of hydrogen-bond acceptors (Lipinski definition) is 5. The second kappa shape index (κ2) is 8.83. The topological polar surface area (TPSA) is 76.2 Å². The molecule has 0 saturated carbocycles. The number of fused-ring (bicyclic) bond motifs is 1. The highest BCUT2D eigenvalue weighted by molar-refractivity contribution is 6.31. The molecule has 34 heavy (non-hydrogen) atoms. The molecule has 2 heterocycles. The quantitative estimate of drug-likeness (QED) is 0.512. The predicted octanol–water partition coefficient (Wildman–Crippen LogP) is 4.35. The third kappa shape index (κ3) is 4.10. The number of aryl methyl sites for hydroxylation is 1. The lowest BCUT2D eigenvalue weighted by Gasteiger charge is -2.28. The number of rotatable bonds is 5. The van der Waals surface area contributed by atoms with E-state index < -0.39 is 11.9 Å². The summed E-state index contributed by atoms with van der Waals surface area (Å²) < 4.78 is 10.8. The minimum Gasteiger partial charge on any atom is -0.454 e. The number of hydrogen-bond donors (Lipinski definition) is 0.